The highest BCUT2D eigenvalue weighted by atomic mass is 15.0. The molecule has 4 heteroatoms. The molecule has 1 aromatic heterocycles. The van der Waals surface area contributed by atoms with Gasteiger partial charge in [-0.3, -0.25) is 0 Å². The molecule has 0 amide bonds. The van der Waals surface area contributed by atoms with Crippen molar-refractivity contribution in [2.75, 3.05) is 19.6 Å². The van der Waals surface area contributed by atoms with E-state index in [1.54, 1.807) is 0 Å². The summed E-state index contributed by atoms with van der Waals surface area (Å²) in [6, 6.07) is 17.0. The Hall–Kier alpha value is -2.30. The van der Waals surface area contributed by atoms with Gasteiger partial charge < -0.3 is 10.6 Å². The minimum atomic E-state index is -0.0554. The van der Waals surface area contributed by atoms with Crippen LogP contribution in [0.1, 0.15) is 33.0 Å². The lowest BCUT2D eigenvalue weighted by atomic mass is 9.85. The van der Waals surface area contributed by atoms with Gasteiger partial charge in [0, 0.05) is 30.4 Å². The zero-order valence-electron chi connectivity index (χ0n) is 16.4. The molecule has 1 aliphatic rings. The Labute approximate surface area is 161 Å². The Morgan fingerprint density at radius 3 is 2.63 bits per heavy atom. The molecule has 1 saturated heterocycles. The van der Waals surface area contributed by atoms with Crippen molar-refractivity contribution in [3.63, 3.8) is 0 Å². The smallest absolute Gasteiger partial charge is 0.137 e. The van der Waals surface area contributed by atoms with Crippen LogP contribution in [0.3, 0.4) is 0 Å². The monoisotopic (exact) mass is 360 g/mol. The molecule has 3 aromatic rings. The molecule has 0 spiro atoms. The van der Waals surface area contributed by atoms with Crippen LogP contribution in [0, 0.1) is 0 Å². The topological polar surface area (TPSA) is 49.8 Å². The van der Waals surface area contributed by atoms with Crippen molar-refractivity contribution in [3.8, 4) is 11.3 Å². The van der Waals surface area contributed by atoms with Crippen molar-refractivity contribution in [1.29, 1.82) is 0 Å². The molecule has 4 rings (SSSR count). The van der Waals surface area contributed by atoms with Crippen LogP contribution in [0.5, 0.6) is 0 Å². The lowest BCUT2D eigenvalue weighted by molar-refractivity contribution is 0.335. The van der Waals surface area contributed by atoms with Crippen LogP contribution in [-0.4, -0.2) is 35.1 Å². The van der Waals surface area contributed by atoms with Crippen molar-refractivity contribution in [2.45, 2.75) is 38.1 Å². The lowest BCUT2D eigenvalue weighted by Crippen LogP contribution is -2.48. The maximum absolute atomic E-state index is 5.01. The molecule has 2 heterocycles. The van der Waals surface area contributed by atoms with Crippen molar-refractivity contribution >= 4 is 10.8 Å². The normalized spacial score (nSPS) is 20.3. The van der Waals surface area contributed by atoms with E-state index in [0.717, 1.165) is 43.1 Å². The SMILES string of the molecule is CC(C)(C)NC[C@]1(c2nccc(-c3ccc4ccccc4c3)n2)CCNC1. The molecule has 0 aliphatic carbocycles. The summed E-state index contributed by atoms with van der Waals surface area (Å²) in [4.78, 5) is 9.70. The number of aromatic nitrogens is 2. The maximum atomic E-state index is 5.01. The number of fused-ring (bicyclic) bond motifs is 1. The first-order chi connectivity index (χ1) is 13.0. The Balaban J connectivity index is 1.69. The highest BCUT2D eigenvalue weighted by Crippen LogP contribution is 2.30. The maximum Gasteiger partial charge on any atom is 0.137 e. The summed E-state index contributed by atoms with van der Waals surface area (Å²) >= 11 is 0. The number of hydrogen-bond acceptors (Lipinski definition) is 4. The van der Waals surface area contributed by atoms with Crippen molar-refractivity contribution in [1.82, 2.24) is 20.6 Å². The molecule has 0 unspecified atom stereocenters. The van der Waals surface area contributed by atoms with Crippen LogP contribution in [0.2, 0.25) is 0 Å². The summed E-state index contributed by atoms with van der Waals surface area (Å²) in [6.07, 6.45) is 2.96. The molecule has 2 aromatic carbocycles. The molecule has 0 radical (unpaired) electrons. The average Bonchev–Trinajstić information content (AvgIpc) is 3.16. The average molecular weight is 361 g/mol. The van der Waals surface area contributed by atoms with Gasteiger partial charge in [-0.2, -0.15) is 0 Å². The van der Waals surface area contributed by atoms with Crippen molar-refractivity contribution in [2.24, 2.45) is 0 Å². The van der Waals surface area contributed by atoms with Crippen LogP contribution < -0.4 is 10.6 Å². The van der Waals surface area contributed by atoms with Gasteiger partial charge in [-0.05, 0) is 56.6 Å². The lowest BCUT2D eigenvalue weighted by Gasteiger charge is -2.31. The fraction of sp³-hybridized carbons (Fsp3) is 0.391. The Kier molecular flexibility index (Phi) is 4.70. The van der Waals surface area contributed by atoms with E-state index >= 15 is 0 Å². The third-order valence-corrected chi connectivity index (χ3v) is 5.38. The molecule has 1 aliphatic heterocycles. The third kappa shape index (κ3) is 3.87. The number of hydrogen-bond donors (Lipinski definition) is 2. The van der Waals surface area contributed by atoms with Gasteiger partial charge in [0.1, 0.15) is 5.82 Å². The molecule has 4 nitrogen and oxygen atoms in total. The summed E-state index contributed by atoms with van der Waals surface area (Å²) < 4.78 is 0. The fourth-order valence-corrected chi connectivity index (χ4v) is 3.72. The summed E-state index contributed by atoms with van der Waals surface area (Å²) in [7, 11) is 0. The predicted molar refractivity (Wildman–Crippen MR) is 112 cm³/mol. The molecule has 140 valence electrons. The highest BCUT2D eigenvalue weighted by molar-refractivity contribution is 5.86. The zero-order valence-corrected chi connectivity index (χ0v) is 16.4. The van der Waals surface area contributed by atoms with Crippen molar-refractivity contribution in [3.05, 3.63) is 60.6 Å². The number of nitrogens with zero attached hydrogens (tertiary/aromatic N) is 2. The molecule has 1 atom stereocenters. The van der Waals surface area contributed by atoms with E-state index in [2.05, 4.69) is 73.9 Å². The Bertz CT molecular complexity index is 936. The van der Waals surface area contributed by atoms with Crippen LogP contribution in [0.4, 0.5) is 0 Å². The van der Waals surface area contributed by atoms with Gasteiger partial charge in [-0.25, -0.2) is 9.97 Å². The second-order valence-corrected chi connectivity index (χ2v) is 8.64. The summed E-state index contributed by atoms with van der Waals surface area (Å²) in [6.45, 7) is 9.41. The first-order valence-electron chi connectivity index (χ1n) is 9.74. The van der Waals surface area contributed by atoms with E-state index in [-0.39, 0.29) is 11.0 Å². The van der Waals surface area contributed by atoms with E-state index in [1.165, 1.54) is 10.8 Å². The minimum absolute atomic E-state index is 0.0554. The quantitative estimate of drug-likeness (QED) is 0.740. The van der Waals surface area contributed by atoms with E-state index in [1.807, 2.05) is 12.3 Å². The van der Waals surface area contributed by atoms with Gasteiger partial charge in [-0.15, -0.1) is 0 Å². The fourth-order valence-electron chi connectivity index (χ4n) is 3.72. The summed E-state index contributed by atoms with van der Waals surface area (Å²) in [5.74, 6) is 0.940. The van der Waals surface area contributed by atoms with E-state index in [4.69, 9.17) is 9.97 Å². The number of nitrogens with one attached hydrogen (secondary N) is 2. The van der Waals surface area contributed by atoms with Crippen LogP contribution in [0.25, 0.3) is 22.0 Å². The molecule has 0 bridgehead atoms. The van der Waals surface area contributed by atoms with Gasteiger partial charge in [0.2, 0.25) is 0 Å². The second kappa shape index (κ2) is 7.02. The van der Waals surface area contributed by atoms with Gasteiger partial charge in [0.05, 0.1) is 11.1 Å². The molecular formula is C23H28N4. The predicted octanol–water partition coefficient (Wildman–Crippen LogP) is 3.92. The van der Waals surface area contributed by atoms with Crippen LogP contribution in [0.15, 0.2) is 54.7 Å². The largest absolute Gasteiger partial charge is 0.316 e. The standard InChI is InChI=1S/C23H28N4/c1-22(2,3)26-16-23(11-13-24-15-23)21-25-12-10-20(27-21)19-9-8-17-6-4-5-7-18(17)14-19/h4-10,12,14,24,26H,11,13,15-16H2,1-3H3/t23-/m0/s1. The van der Waals surface area contributed by atoms with E-state index in [0.29, 0.717) is 0 Å². The number of rotatable bonds is 4. The number of benzene rings is 2. The van der Waals surface area contributed by atoms with Crippen LogP contribution >= 0.6 is 0 Å². The van der Waals surface area contributed by atoms with Gasteiger partial charge in [-0.1, -0.05) is 36.4 Å². The molecule has 1 fully saturated rings. The first kappa shape index (κ1) is 18.1. The minimum Gasteiger partial charge on any atom is -0.316 e. The molecule has 0 saturated carbocycles. The highest BCUT2D eigenvalue weighted by Gasteiger charge is 2.39. The van der Waals surface area contributed by atoms with Gasteiger partial charge >= 0.3 is 0 Å². The van der Waals surface area contributed by atoms with Gasteiger partial charge in [0.25, 0.3) is 0 Å². The van der Waals surface area contributed by atoms with E-state index < -0.39 is 0 Å². The zero-order chi connectivity index (χ0) is 18.9. The molecule has 27 heavy (non-hydrogen) atoms. The van der Waals surface area contributed by atoms with Gasteiger partial charge in [0.15, 0.2) is 0 Å². The summed E-state index contributed by atoms with van der Waals surface area (Å²) in [5, 5.41) is 9.67. The molecule has 2 N–H and O–H groups in total. The van der Waals surface area contributed by atoms with E-state index in [9.17, 15) is 0 Å². The van der Waals surface area contributed by atoms with Crippen molar-refractivity contribution < 1.29 is 0 Å². The molecular weight excluding hydrogens is 332 g/mol. The summed E-state index contributed by atoms with van der Waals surface area (Å²) in [5.41, 5.74) is 2.15. The second-order valence-electron chi connectivity index (χ2n) is 8.64. The Morgan fingerprint density at radius 1 is 1.07 bits per heavy atom. The third-order valence-electron chi connectivity index (χ3n) is 5.38. The Morgan fingerprint density at radius 2 is 1.89 bits per heavy atom. The van der Waals surface area contributed by atoms with Crippen LogP contribution in [-0.2, 0) is 5.41 Å². The first-order valence-corrected chi connectivity index (χ1v) is 9.74.